The SMILES string of the molecule is C=CCN1C(=O)C(=Cc2ccncc2)SC1=S. The van der Waals surface area contributed by atoms with Crippen LogP contribution < -0.4 is 0 Å². The van der Waals surface area contributed by atoms with E-state index in [0.29, 0.717) is 15.8 Å². The van der Waals surface area contributed by atoms with Crippen molar-refractivity contribution in [1.82, 2.24) is 9.88 Å². The van der Waals surface area contributed by atoms with Gasteiger partial charge in [0.2, 0.25) is 0 Å². The summed E-state index contributed by atoms with van der Waals surface area (Å²) in [6, 6.07) is 3.69. The summed E-state index contributed by atoms with van der Waals surface area (Å²) in [6.07, 6.45) is 6.87. The number of hydrogen-bond acceptors (Lipinski definition) is 4. The Balaban J connectivity index is 2.25. The number of nitrogens with zero attached hydrogens (tertiary/aromatic N) is 2. The van der Waals surface area contributed by atoms with Gasteiger partial charge in [-0.25, -0.2) is 0 Å². The molecule has 86 valence electrons. The van der Waals surface area contributed by atoms with Crippen LogP contribution in [0.2, 0.25) is 0 Å². The third-order valence-electron chi connectivity index (χ3n) is 2.19. The minimum Gasteiger partial charge on any atom is -0.289 e. The van der Waals surface area contributed by atoms with Crippen molar-refractivity contribution in [1.29, 1.82) is 0 Å². The van der Waals surface area contributed by atoms with E-state index in [4.69, 9.17) is 12.2 Å². The van der Waals surface area contributed by atoms with Gasteiger partial charge in [0.05, 0.1) is 4.91 Å². The standard InChI is InChI=1S/C12H10N2OS2/c1-2-7-14-11(15)10(17-12(14)16)8-9-3-5-13-6-4-9/h2-6,8H,1,7H2. The van der Waals surface area contributed by atoms with Crippen LogP contribution in [-0.4, -0.2) is 26.7 Å². The lowest BCUT2D eigenvalue weighted by molar-refractivity contribution is -0.121. The van der Waals surface area contributed by atoms with Crippen LogP contribution >= 0.6 is 24.0 Å². The number of pyridine rings is 1. The molecule has 1 aromatic heterocycles. The first-order valence-electron chi connectivity index (χ1n) is 4.98. The largest absolute Gasteiger partial charge is 0.289 e. The second-order valence-electron chi connectivity index (χ2n) is 3.36. The van der Waals surface area contributed by atoms with Gasteiger partial charge < -0.3 is 0 Å². The smallest absolute Gasteiger partial charge is 0.266 e. The highest BCUT2D eigenvalue weighted by atomic mass is 32.2. The van der Waals surface area contributed by atoms with E-state index in [-0.39, 0.29) is 5.91 Å². The van der Waals surface area contributed by atoms with Crippen LogP contribution in [0, 0.1) is 0 Å². The summed E-state index contributed by atoms with van der Waals surface area (Å²) in [7, 11) is 0. The molecule has 1 amide bonds. The van der Waals surface area contributed by atoms with Crippen LogP contribution in [0.15, 0.2) is 42.1 Å². The lowest BCUT2D eigenvalue weighted by Gasteiger charge is -2.10. The molecule has 5 heteroatoms. The lowest BCUT2D eigenvalue weighted by atomic mass is 10.2. The molecular formula is C12H10N2OS2. The maximum Gasteiger partial charge on any atom is 0.266 e. The number of thiocarbonyl (C=S) groups is 1. The highest BCUT2D eigenvalue weighted by Gasteiger charge is 2.30. The van der Waals surface area contributed by atoms with Gasteiger partial charge in [0.25, 0.3) is 5.91 Å². The predicted molar refractivity (Wildman–Crippen MR) is 74.3 cm³/mol. The summed E-state index contributed by atoms with van der Waals surface area (Å²) in [5.74, 6) is -0.0586. The molecule has 1 aromatic rings. The Bertz CT molecular complexity index is 496. The Morgan fingerprint density at radius 2 is 2.18 bits per heavy atom. The van der Waals surface area contributed by atoms with E-state index in [1.54, 1.807) is 23.4 Å². The highest BCUT2D eigenvalue weighted by molar-refractivity contribution is 8.26. The van der Waals surface area contributed by atoms with Gasteiger partial charge in [-0.3, -0.25) is 14.7 Å². The van der Waals surface area contributed by atoms with Gasteiger partial charge in [0, 0.05) is 18.9 Å². The quantitative estimate of drug-likeness (QED) is 0.476. The monoisotopic (exact) mass is 262 g/mol. The molecule has 0 aliphatic carbocycles. The lowest BCUT2D eigenvalue weighted by Crippen LogP contribution is -2.27. The van der Waals surface area contributed by atoms with Crippen molar-refractivity contribution in [2.24, 2.45) is 0 Å². The number of rotatable bonds is 3. The topological polar surface area (TPSA) is 33.2 Å². The van der Waals surface area contributed by atoms with Crippen molar-refractivity contribution in [2.75, 3.05) is 6.54 Å². The van der Waals surface area contributed by atoms with Crippen LogP contribution in [0.5, 0.6) is 0 Å². The molecule has 3 nitrogen and oxygen atoms in total. The maximum absolute atomic E-state index is 12.0. The van der Waals surface area contributed by atoms with Crippen LogP contribution in [0.3, 0.4) is 0 Å². The third kappa shape index (κ3) is 2.62. The number of carbonyl (C=O) groups is 1. The fraction of sp³-hybridized carbons (Fsp3) is 0.0833. The summed E-state index contributed by atoms with van der Waals surface area (Å²) >= 11 is 6.46. The molecule has 17 heavy (non-hydrogen) atoms. The maximum atomic E-state index is 12.0. The Hall–Kier alpha value is -1.46. The van der Waals surface area contributed by atoms with Crippen LogP contribution in [0.1, 0.15) is 5.56 Å². The molecule has 0 radical (unpaired) electrons. The zero-order valence-electron chi connectivity index (χ0n) is 9.00. The van der Waals surface area contributed by atoms with Gasteiger partial charge in [-0.1, -0.05) is 30.1 Å². The van der Waals surface area contributed by atoms with Crippen LogP contribution in [0.4, 0.5) is 0 Å². The normalized spacial score (nSPS) is 17.9. The van der Waals surface area contributed by atoms with E-state index in [9.17, 15) is 4.79 Å². The zero-order chi connectivity index (χ0) is 12.3. The van der Waals surface area contributed by atoms with Gasteiger partial charge in [-0.2, -0.15) is 0 Å². The summed E-state index contributed by atoms with van der Waals surface area (Å²) < 4.78 is 0.579. The summed E-state index contributed by atoms with van der Waals surface area (Å²) in [5.41, 5.74) is 0.944. The van der Waals surface area contributed by atoms with Gasteiger partial charge in [0.15, 0.2) is 0 Å². The van der Waals surface area contributed by atoms with Gasteiger partial charge in [-0.15, -0.1) is 6.58 Å². The molecule has 1 saturated heterocycles. The molecule has 0 atom stereocenters. The molecule has 0 saturated carbocycles. The van der Waals surface area contributed by atoms with Crippen molar-refractivity contribution in [3.8, 4) is 0 Å². The summed E-state index contributed by atoms with van der Waals surface area (Å²) in [6.45, 7) is 4.07. The first kappa shape index (κ1) is 12.0. The van der Waals surface area contributed by atoms with Crippen molar-refractivity contribution < 1.29 is 4.79 Å². The van der Waals surface area contributed by atoms with E-state index in [0.717, 1.165) is 5.56 Å². The van der Waals surface area contributed by atoms with Gasteiger partial charge >= 0.3 is 0 Å². The van der Waals surface area contributed by atoms with Crippen molar-refractivity contribution in [2.45, 2.75) is 0 Å². The average molecular weight is 262 g/mol. The van der Waals surface area contributed by atoms with E-state index in [1.165, 1.54) is 11.8 Å². The first-order chi connectivity index (χ1) is 8.22. The second-order valence-corrected chi connectivity index (χ2v) is 5.04. The summed E-state index contributed by atoms with van der Waals surface area (Å²) in [4.78, 5) is 18.1. The molecule has 0 spiro atoms. The molecule has 0 N–H and O–H groups in total. The fourth-order valence-electron chi connectivity index (χ4n) is 1.40. The Labute approximate surface area is 109 Å². The number of aromatic nitrogens is 1. The number of hydrogen-bond donors (Lipinski definition) is 0. The molecule has 0 unspecified atom stereocenters. The highest BCUT2D eigenvalue weighted by Crippen LogP contribution is 2.32. The van der Waals surface area contributed by atoms with Gasteiger partial charge in [0.1, 0.15) is 4.32 Å². The molecule has 0 aromatic carbocycles. The molecule has 0 bridgehead atoms. The van der Waals surface area contributed by atoms with E-state index < -0.39 is 0 Å². The molecule has 1 aliphatic rings. The Kier molecular flexibility index (Phi) is 3.71. The summed E-state index contributed by atoms with van der Waals surface area (Å²) in [5, 5.41) is 0. The van der Waals surface area contributed by atoms with Crippen molar-refractivity contribution in [3.63, 3.8) is 0 Å². The van der Waals surface area contributed by atoms with Gasteiger partial charge in [-0.05, 0) is 23.8 Å². The predicted octanol–water partition coefficient (Wildman–Crippen LogP) is 2.47. The minimum absolute atomic E-state index is 0.0586. The van der Waals surface area contributed by atoms with E-state index in [1.807, 2.05) is 18.2 Å². The molecule has 2 rings (SSSR count). The number of amides is 1. The van der Waals surface area contributed by atoms with E-state index >= 15 is 0 Å². The number of thioether (sulfide) groups is 1. The Morgan fingerprint density at radius 1 is 1.47 bits per heavy atom. The average Bonchev–Trinajstić information content (AvgIpc) is 2.59. The zero-order valence-corrected chi connectivity index (χ0v) is 10.6. The molecule has 1 aliphatic heterocycles. The van der Waals surface area contributed by atoms with E-state index in [2.05, 4.69) is 11.6 Å². The third-order valence-corrected chi connectivity index (χ3v) is 3.57. The van der Waals surface area contributed by atoms with Crippen molar-refractivity contribution >= 4 is 40.3 Å². The van der Waals surface area contributed by atoms with Crippen LogP contribution in [0.25, 0.3) is 6.08 Å². The Morgan fingerprint density at radius 3 is 2.82 bits per heavy atom. The second kappa shape index (κ2) is 5.25. The molecule has 2 heterocycles. The van der Waals surface area contributed by atoms with Crippen molar-refractivity contribution in [3.05, 3.63) is 47.6 Å². The molecule has 1 fully saturated rings. The number of carbonyl (C=O) groups excluding carboxylic acids is 1. The molecular weight excluding hydrogens is 252 g/mol. The fourth-order valence-corrected chi connectivity index (χ4v) is 2.67. The van der Waals surface area contributed by atoms with Crippen LogP contribution in [-0.2, 0) is 4.79 Å². The minimum atomic E-state index is -0.0586. The first-order valence-corrected chi connectivity index (χ1v) is 6.21.